The first-order valence-corrected chi connectivity index (χ1v) is 10.3. The molecule has 2 nitrogen and oxygen atoms in total. The molecule has 1 aromatic rings. The van der Waals surface area contributed by atoms with Gasteiger partial charge >= 0.3 is 0 Å². The van der Waals surface area contributed by atoms with Gasteiger partial charge in [-0.05, 0) is 70.2 Å². The molecule has 1 atom stereocenters. The largest absolute Gasteiger partial charge is 0.497 e. The highest BCUT2D eigenvalue weighted by Gasteiger charge is 2.35. The number of carbonyl (C=O) groups is 1. The molecule has 138 valence electrons. The van der Waals surface area contributed by atoms with Crippen LogP contribution in [-0.4, -0.2) is 12.4 Å². The lowest BCUT2D eigenvalue weighted by Gasteiger charge is -2.37. The first-order chi connectivity index (χ1) is 13.7. The molecule has 28 heavy (non-hydrogen) atoms. The number of rotatable bonds is 4. The van der Waals surface area contributed by atoms with E-state index in [4.69, 9.17) is 16.3 Å². The summed E-state index contributed by atoms with van der Waals surface area (Å²) in [7, 11) is 1.62. The van der Waals surface area contributed by atoms with Crippen molar-refractivity contribution in [3.8, 4) is 5.75 Å². The summed E-state index contributed by atoms with van der Waals surface area (Å²) in [6.45, 7) is 0. The van der Waals surface area contributed by atoms with Gasteiger partial charge in [0, 0.05) is 21.3 Å². The Bertz CT molecular complexity index is 1130. The number of methoxy groups -OCH3 is 1. The summed E-state index contributed by atoms with van der Waals surface area (Å²) >= 11 is 7.40. The second-order valence-electron chi connectivity index (χ2n) is 6.99. The summed E-state index contributed by atoms with van der Waals surface area (Å²) in [6.07, 6.45) is 18.6. The van der Waals surface area contributed by atoms with Crippen molar-refractivity contribution in [2.24, 2.45) is 5.92 Å². The number of hydrogen-bond acceptors (Lipinski definition) is 3. The molecular weight excluding hydrogens is 388 g/mol. The van der Waals surface area contributed by atoms with Gasteiger partial charge in [0.05, 0.1) is 7.11 Å². The SMILES string of the molecule is COc1ccc(C(=O)Cl)c(SC2=CC=C3C=CC4=C5C(=CC=C2C35)CC=C4)c1. The maximum atomic E-state index is 11.9. The van der Waals surface area contributed by atoms with E-state index in [9.17, 15) is 4.79 Å². The highest BCUT2D eigenvalue weighted by Crippen LogP contribution is 2.51. The third-order valence-electron chi connectivity index (χ3n) is 5.48. The lowest BCUT2D eigenvalue weighted by atomic mass is 9.69. The molecule has 4 aliphatic carbocycles. The topological polar surface area (TPSA) is 26.3 Å². The van der Waals surface area contributed by atoms with Gasteiger partial charge in [-0.15, -0.1) is 0 Å². The minimum absolute atomic E-state index is 0.262. The minimum Gasteiger partial charge on any atom is -0.497 e. The van der Waals surface area contributed by atoms with Crippen molar-refractivity contribution in [1.82, 2.24) is 0 Å². The number of ether oxygens (including phenoxy) is 1. The first-order valence-electron chi connectivity index (χ1n) is 9.13. The van der Waals surface area contributed by atoms with Crippen LogP contribution in [0, 0.1) is 5.92 Å². The van der Waals surface area contributed by atoms with Gasteiger partial charge in [-0.3, -0.25) is 4.79 Å². The van der Waals surface area contributed by atoms with Crippen LogP contribution in [0.3, 0.4) is 0 Å². The van der Waals surface area contributed by atoms with Gasteiger partial charge in [0.25, 0.3) is 5.24 Å². The average molecular weight is 405 g/mol. The highest BCUT2D eigenvalue weighted by molar-refractivity contribution is 8.03. The number of allylic oxidation sites excluding steroid dienone is 13. The van der Waals surface area contributed by atoms with Crippen molar-refractivity contribution in [1.29, 1.82) is 0 Å². The molecule has 0 spiro atoms. The van der Waals surface area contributed by atoms with E-state index in [0.29, 0.717) is 11.3 Å². The fourth-order valence-electron chi connectivity index (χ4n) is 4.16. The molecule has 0 amide bonds. The van der Waals surface area contributed by atoms with Crippen molar-refractivity contribution in [2.75, 3.05) is 7.11 Å². The summed E-state index contributed by atoms with van der Waals surface area (Å²) < 4.78 is 5.35. The zero-order valence-electron chi connectivity index (χ0n) is 15.2. The molecule has 0 aromatic heterocycles. The van der Waals surface area contributed by atoms with E-state index in [1.807, 2.05) is 6.07 Å². The monoisotopic (exact) mass is 404 g/mol. The second kappa shape index (κ2) is 6.84. The lowest BCUT2D eigenvalue weighted by Crippen LogP contribution is -2.22. The Morgan fingerprint density at radius 1 is 1.14 bits per heavy atom. The van der Waals surface area contributed by atoms with E-state index >= 15 is 0 Å². The normalized spacial score (nSPS) is 21.4. The molecule has 0 aliphatic heterocycles. The fraction of sp³-hybridized carbons (Fsp3) is 0.125. The predicted octanol–water partition coefficient (Wildman–Crippen LogP) is 6.30. The van der Waals surface area contributed by atoms with Gasteiger partial charge in [-0.1, -0.05) is 54.3 Å². The van der Waals surface area contributed by atoms with E-state index in [0.717, 1.165) is 16.2 Å². The van der Waals surface area contributed by atoms with Crippen LogP contribution >= 0.6 is 23.4 Å². The quantitative estimate of drug-likeness (QED) is 0.551. The van der Waals surface area contributed by atoms with Crippen LogP contribution in [0.5, 0.6) is 5.75 Å². The molecule has 0 fully saturated rings. The maximum Gasteiger partial charge on any atom is 0.253 e. The molecule has 0 bridgehead atoms. The number of halogens is 1. The maximum absolute atomic E-state index is 11.9. The van der Waals surface area contributed by atoms with Crippen LogP contribution in [0.1, 0.15) is 16.8 Å². The number of thioether (sulfide) groups is 1. The zero-order chi connectivity index (χ0) is 19.3. The molecule has 0 heterocycles. The predicted molar refractivity (Wildman–Crippen MR) is 115 cm³/mol. The van der Waals surface area contributed by atoms with Crippen LogP contribution in [0.25, 0.3) is 0 Å². The van der Waals surface area contributed by atoms with Crippen LogP contribution in [-0.2, 0) is 0 Å². The molecular formula is C24H17ClO2S. The number of carbonyl (C=O) groups excluding carboxylic acids is 1. The molecule has 0 saturated carbocycles. The zero-order valence-corrected chi connectivity index (χ0v) is 16.8. The molecule has 1 unspecified atom stereocenters. The van der Waals surface area contributed by atoms with E-state index in [1.54, 1.807) is 31.0 Å². The van der Waals surface area contributed by atoms with Gasteiger partial charge < -0.3 is 4.74 Å². The summed E-state index contributed by atoms with van der Waals surface area (Å²) in [5.41, 5.74) is 7.20. The van der Waals surface area contributed by atoms with E-state index < -0.39 is 5.24 Å². The number of hydrogen-bond donors (Lipinski definition) is 0. The Labute approximate surface area is 173 Å². The van der Waals surface area contributed by atoms with Gasteiger partial charge in [0.15, 0.2) is 0 Å². The highest BCUT2D eigenvalue weighted by atomic mass is 35.5. The van der Waals surface area contributed by atoms with Crippen LogP contribution < -0.4 is 4.74 Å². The van der Waals surface area contributed by atoms with Gasteiger partial charge in [0.1, 0.15) is 5.75 Å². The van der Waals surface area contributed by atoms with Gasteiger partial charge in [-0.25, -0.2) is 0 Å². The Balaban J connectivity index is 1.59. The molecule has 1 aromatic carbocycles. The van der Waals surface area contributed by atoms with Crippen molar-refractivity contribution >= 4 is 28.6 Å². The van der Waals surface area contributed by atoms with E-state index in [1.165, 1.54) is 27.9 Å². The Hall–Kier alpha value is -2.49. The van der Waals surface area contributed by atoms with E-state index in [2.05, 4.69) is 48.6 Å². The van der Waals surface area contributed by atoms with Crippen molar-refractivity contribution in [2.45, 2.75) is 11.3 Å². The average Bonchev–Trinajstić information content (AvgIpc) is 2.72. The van der Waals surface area contributed by atoms with Crippen molar-refractivity contribution < 1.29 is 9.53 Å². The molecule has 4 aliphatic rings. The van der Waals surface area contributed by atoms with Gasteiger partial charge in [0.2, 0.25) is 0 Å². The summed E-state index contributed by atoms with van der Waals surface area (Å²) in [5, 5.41) is -0.458. The fourth-order valence-corrected chi connectivity index (χ4v) is 5.50. The summed E-state index contributed by atoms with van der Waals surface area (Å²) in [5.74, 6) is 0.970. The van der Waals surface area contributed by atoms with Crippen LogP contribution in [0.15, 0.2) is 104 Å². The first kappa shape index (κ1) is 17.6. The Kier molecular flexibility index (Phi) is 4.30. The molecule has 0 saturated heterocycles. The second-order valence-corrected chi connectivity index (χ2v) is 8.42. The van der Waals surface area contributed by atoms with Crippen molar-refractivity contribution in [3.63, 3.8) is 0 Å². The van der Waals surface area contributed by atoms with Crippen LogP contribution in [0.4, 0.5) is 0 Å². The third kappa shape index (κ3) is 2.78. The molecule has 0 radical (unpaired) electrons. The Morgan fingerprint density at radius 3 is 2.86 bits per heavy atom. The third-order valence-corrected chi connectivity index (χ3v) is 6.83. The lowest BCUT2D eigenvalue weighted by molar-refractivity contribution is 0.107. The minimum atomic E-state index is -0.458. The van der Waals surface area contributed by atoms with Crippen molar-refractivity contribution in [3.05, 3.63) is 105 Å². The van der Waals surface area contributed by atoms with E-state index in [-0.39, 0.29) is 5.92 Å². The summed E-state index contributed by atoms with van der Waals surface area (Å²) in [6, 6.07) is 5.36. The molecule has 0 N–H and O–H groups in total. The standard InChI is InChI=1S/C24H17ClO2S/c1-27-17-9-11-19(24(25)26)21(13-17)28-20-12-8-16-6-5-14-3-2-4-15-7-10-18(20)23(16)22(14)15/h2-3,5-13,23H,4H2,1H3. The summed E-state index contributed by atoms with van der Waals surface area (Å²) in [4.78, 5) is 13.9. The smallest absolute Gasteiger partial charge is 0.253 e. The Morgan fingerprint density at radius 2 is 2.04 bits per heavy atom. The van der Waals surface area contributed by atoms with Crippen LogP contribution in [0.2, 0.25) is 0 Å². The molecule has 5 rings (SSSR count). The molecule has 4 heteroatoms. The number of benzene rings is 1. The van der Waals surface area contributed by atoms with Gasteiger partial charge in [-0.2, -0.15) is 0 Å².